The van der Waals surface area contributed by atoms with Crippen LogP contribution in [0.4, 0.5) is 0 Å². The SMILES string of the molecule is COc1ccc(CN(C)Cc2cc(=O)n3c(C)cccc3n2)cc1OC. The van der Waals surface area contributed by atoms with Crippen LogP contribution in [0.5, 0.6) is 11.5 Å². The molecular formula is C20H23N3O3. The maximum absolute atomic E-state index is 12.4. The van der Waals surface area contributed by atoms with E-state index in [0.717, 1.165) is 17.0 Å². The van der Waals surface area contributed by atoms with Crippen LogP contribution < -0.4 is 15.0 Å². The van der Waals surface area contributed by atoms with Crippen LogP contribution >= 0.6 is 0 Å². The van der Waals surface area contributed by atoms with E-state index in [2.05, 4.69) is 9.88 Å². The fourth-order valence-corrected chi connectivity index (χ4v) is 3.07. The van der Waals surface area contributed by atoms with Gasteiger partial charge in [0.05, 0.1) is 19.9 Å². The molecule has 6 nitrogen and oxygen atoms in total. The molecule has 0 saturated heterocycles. The minimum Gasteiger partial charge on any atom is -0.493 e. The monoisotopic (exact) mass is 353 g/mol. The molecule has 2 heterocycles. The number of benzene rings is 1. The zero-order chi connectivity index (χ0) is 18.7. The number of aryl methyl sites for hydroxylation is 1. The fraction of sp³-hybridized carbons (Fsp3) is 0.300. The summed E-state index contributed by atoms with van der Waals surface area (Å²) in [6.07, 6.45) is 0. The molecule has 136 valence electrons. The lowest BCUT2D eigenvalue weighted by atomic mass is 10.2. The van der Waals surface area contributed by atoms with Crippen molar-refractivity contribution in [1.29, 1.82) is 0 Å². The summed E-state index contributed by atoms with van der Waals surface area (Å²) < 4.78 is 12.2. The van der Waals surface area contributed by atoms with E-state index in [4.69, 9.17) is 9.47 Å². The van der Waals surface area contributed by atoms with Crippen molar-refractivity contribution in [3.63, 3.8) is 0 Å². The van der Waals surface area contributed by atoms with Crippen LogP contribution in [-0.2, 0) is 13.1 Å². The number of hydrogen-bond acceptors (Lipinski definition) is 5. The summed E-state index contributed by atoms with van der Waals surface area (Å²) in [7, 11) is 5.24. The summed E-state index contributed by atoms with van der Waals surface area (Å²) in [6.45, 7) is 3.18. The van der Waals surface area contributed by atoms with Crippen molar-refractivity contribution in [1.82, 2.24) is 14.3 Å². The van der Waals surface area contributed by atoms with Crippen molar-refractivity contribution in [3.8, 4) is 11.5 Å². The Balaban J connectivity index is 1.79. The van der Waals surface area contributed by atoms with Gasteiger partial charge in [-0.3, -0.25) is 14.1 Å². The maximum atomic E-state index is 12.4. The Hall–Kier alpha value is -2.86. The predicted molar refractivity (Wildman–Crippen MR) is 101 cm³/mol. The van der Waals surface area contributed by atoms with E-state index in [0.29, 0.717) is 30.2 Å². The molecule has 2 aromatic heterocycles. The Bertz CT molecular complexity index is 982. The highest BCUT2D eigenvalue weighted by Gasteiger charge is 2.09. The van der Waals surface area contributed by atoms with Gasteiger partial charge < -0.3 is 9.47 Å². The van der Waals surface area contributed by atoms with Crippen molar-refractivity contribution in [3.05, 3.63) is 69.8 Å². The van der Waals surface area contributed by atoms with Gasteiger partial charge in [-0.15, -0.1) is 0 Å². The lowest BCUT2D eigenvalue weighted by Crippen LogP contribution is -2.22. The molecule has 0 aliphatic heterocycles. The van der Waals surface area contributed by atoms with Crippen LogP contribution in [0.1, 0.15) is 17.0 Å². The van der Waals surface area contributed by atoms with Gasteiger partial charge in [-0.1, -0.05) is 12.1 Å². The average Bonchev–Trinajstić information content (AvgIpc) is 2.61. The van der Waals surface area contributed by atoms with Gasteiger partial charge in [0.1, 0.15) is 5.65 Å². The van der Waals surface area contributed by atoms with Crippen LogP contribution in [0.2, 0.25) is 0 Å². The Morgan fingerprint density at radius 1 is 1.04 bits per heavy atom. The number of rotatable bonds is 6. The normalized spacial score (nSPS) is 11.1. The maximum Gasteiger partial charge on any atom is 0.258 e. The molecule has 6 heteroatoms. The van der Waals surface area contributed by atoms with E-state index >= 15 is 0 Å². The Kier molecular flexibility index (Phi) is 5.23. The first-order valence-corrected chi connectivity index (χ1v) is 8.39. The molecular weight excluding hydrogens is 330 g/mol. The quantitative estimate of drug-likeness (QED) is 0.682. The van der Waals surface area contributed by atoms with Gasteiger partial charge in [0.15, 0.2) is 11.5 Å². The lowest BCUT2D eigenvalue weighted by molar-refractivity contribution is 0.312. The summed E-state index contributed by atoms with van der Waals surface area (Å²) in [5.74, 6) is 1.41. The summed E-state index contributed by atoms with van der Waals surface area (Å²) >= 11 is 0. The fourth-order valence-electron chi connectivity index (χ4n) is 3.07. The molecule has 3 rings (SSSR count). The number of fused-ring (bicyclic) bond motifs is 1. The van der Waals surface area contributed by atoms with E-state index in [1.165, 1.54) is 0 Å². The van der Waals surface area contributed by atoms with Crippen LogP contribution in [0, 0.1) is 6.92 Å². The molecule has 0 N–H and O–H groups in total. The van der Waals surface area contributed by atoms with Gasteiger partial charge >= 0.3 is 0 Å². The third kappa shape index (κ3) is 3.70. The number of nitrogens with zero attached hydrogens (tertiary/aromatic N) is 3. The van der Waals surface area contributed by atoms with E-state index in [1.54, 1.807) is 24.7 Å². The minimum absolute atomic E-state index is 0.0531. The molecule has 3 aromatic rings. The number of methoxy groups -OCH3 is 2. The Morgan fingerprint density at radius 3 is 2.54 bits per heavy atom. The van der Waals surface area contributed by atoms with Crippen molar-refractivity contribution in [2.24, 2.45) is 0 Å². The van der Waals surface area contributed by atoms with E-state index in [-0.39, 0.29) is 5.56 Å². The van der Waals surface area contributed by atoms with Crippen LogP contribution in [0.25, 0.3) is 5.65 Å². The summed E-state index contributed by atoms with van der Waals surface area (Å²) in [4.78, 5) is 19.1. The molecule has 0 unspecified atom stereocenters. The number of ether oxygens (including phenoxy) is 2. The summed E-state index contributed by atoms with van der Waals surface area (Å²) in [5, 5.41) is 0. The first kappa shape index (κ1) is 17.9. The van der Waals surface area contributed by atoms with Gasteiger partial charge in [-0.2, -0.15) is 0 Å². The third-order valence-electron chi connectivity index (χ3n) is 4.27. The van der Waals surface area contributed by atoms with Crippen molar-refractivity contribution in [2.75, 3.05) is 21.3 Å². The van der Waals surface area contributed by atoms with Gasteiger partial charge in [-0.25, -0.2) is 4.98 Å². The van der Waals surface area contributed by atoms with E-state index < -0.39 is 0 Å². The second-order valence-corrected chi connectivity index (χ2v) is 6.31. The molecule has 1 aromatic carbocycles. The lowest BCUT2D eigenvalue weighted by Gasteiger charge is -2.18. The Morgan fingerprint density at radius 2 is 1.81 bits per heavy atom. The topological polar surface area (TPSA) is 56.1 Å². The number of hydrogen-bond donors (Lipinski definition) is 0. The standard InChI is InChI=1S/C20H23N3O3/c1-14-6-5-7-19-21-16(11-20(24)23(14)19)13-22(2)12-15-8-9-17(25-3)18(10-15)26-4/h5-11H,12-13H2,1-4H3. The molecule has 0 bridgehead atoms. The molecule has 0 aliphatic rings. The average molecular weight is 353 g/mol. The van der Waals surface area contributed by atoms with Crippen LogP contribution in [0.3, 0.4) is 0 Å². The number of pyridine rings is 1. The molecule has 0 saturated carbocycles. The largest absolute Gasteiger partial charge is 0.493 e. The first-order valence-electron chi connectivity index (χ1n) is 8.39. The van der Waals surface area contributed by atoms with Gasteiger partial charge in [-0.05, 0) is 43.8 Å². The third-order valence-corrected chi connectivity index (χ3v) is 4.27. The summed E-state index contributed by atoms with van der Waals surface area (Å²) in [6, 6.07) is 13.1. The molecule has 0 amide bonds. The minimum atomic E-state index is -0.0531. The van der Waals surface area contributed by atoms with Crippen LogP contribution in [-0.4, -0.2) is 35.6 Å². The van der Waals surface area contributed by atoms with E-state index in [1.807, 2.05) is 50.4 Å². The van der Waals surface area contributed by atoms with Crippen molar-refractivity contribution < 1.29 is 9.47 Å². The second kappa shape index (κ2) is 7.58. The van der Waals surface area contributed by atoms with Crippen molar-refractivity contribution in [2.45, 2.75) is 20.0 Å². The summed E-state index contributed by atoms with van der Waals surface area (Å²) in [5.41, 5.74) is 3.35. The molecule has 0 radical (unpaired) electrons. The predicted octanol–water partition coefficient (Wildman–Crippen LogP) is 2.65. The zero-order valence-corrected chi connectivity index (χ0v) is 15.5. The molecule has 0 spiro atoms. The van der Waals surface area contributed by atoms with Crippen molar-refractivity contribution >= 4 is 5.65 Å². The molecule has 0 aliphatic carbocycles. The highest BCUT2D eigenvalue weighted by atomic mass is 16.5. The molecule has 26 heavy (non-hydrogen) atoms. The van der Waals surface area contributed by atoms with Crippen LogP contribution in [0.15, 0.2) is 47.3 Å². The smallest absolute Gasteiger partial charge is 0.258 e. The first-order chi connectivity index (χ1) is 12.5. The van der Waals surface area contributed by atoms with Gasteiger partial charge in [0, 0.05) is 24.8 Å². The van der Waals surface area contributed by atoms with E-state index in [9.17, 15) is 4.79 Å². The van der Waals surface area contributed by atoms with Gasteiger partial charge in [0.2, 0.25) is 0 Å². The zero-order valence-electron chi connectivity index (χ0n) is 15.5. The highest BCUT2D eigenvalue weighted by Crippen LogP contribution is 2.28. The Labute approximate surface area is 152 Å². The molecule has 0 fully saturated rings. The number of aromatic nitrogens is 2. The second-order valence-electron chi connectivity index (χ2n) is 6.31. The highest BCUT2D eigenvalue weighted by molar-refractivity contribution is 5.43. The molecule has 0 atom stereocenters. The van der Waals surface area contributed by atoms with Gasteiger partial charge in [0.25, 0.3) is 5.56 Å².